The van der Waals surface area contributed by atoms with Crippen molar-refractivity contribution in [2.45, 2.75) is 18.7 Å². The topological polar surface area (TPSA) is 130 Å². The summed E-state index contributed by atoms with van der Waals surface area (Å²) in [6.07, 6.45) is 1.47. The van der Waals surface area contributed by atoms with E-state index in [1.165, 1.54) is 18.3 Å². The number of fused-ring (bicyclic) bond motifs is 1. The average Bonchev–Trinajstić information content (AvgIpc) is 3.04. The fourth-order valence-corrected chi connectivity index (χ4v) is 3.92. The number of nitrogens with one attached hydrogen (secondary N) is 3. The molecule has 9 nitrogen and oxygen atoms in total. The Hall–Kier alpha value is -3.92. The van der Waals surface area contributed by atoms with Crippen molar-refractivity contribution in [2.24, 2.45) is 0 Å². The van der Waals surface area contributed by atoms with Gasteiger partial charge in [-0.05, 0) is 44.2 Å². The smallest absolute Gasteiger partial charge is 0.309 e. The van der Waals surface area contributed by atoms with E-state index in [1.807, 2.05) is 0 Å². The third-order valence-corrected chi connectivity index (χ3v) is 6.07. The predicted octanol–water partition coefficient (Wildman–Crippen LogP) is 2.82. The number of hydrogen-bond donors (Lipinski definition) is 3. The van der Waals surface area contributed by atoms with E-state index in [2.05, 4.69) is 20.3 Å². The van der Waals surface area contributed by atoms with Gasteiger partial charge in [0.2, 0.25) is 0 Å². The van der Waals surface area contributed by atoms with Gasteiger partial charge in [0.25, 0.3) is 21.8 Å². The van der Waals surface area contributed by atoms with E-state index in [0.717, 1.165) is 0 Å². The van der Waals surface area contributed by atoms with E-state index in [-0.39, 0.29) is 10.9 Å². The van der Waals surface area contributed by atoms with Gasteiger partial charge in [0.05, 0.1) is 16.2 Å². The van der Waals surface area contributed by atoms with Gasteiger partial charge in [-0.3, -0.25) is 14.9 Å². The van der Waals surface area contributed by atoms with Crippen LogP contribution in [0.3, 0.4) is 0 Å². The highest BCUT2D eigenvalue weighted by Gasteiger charge is 2.26. The number of oxazole rings is 1. The quantitative estimate of drug-likeness (QED) is 0.412. The maximum absolute atomic E-state index is 12.5. The summed E-state index contributed by atoms with van der Waals surface area (Å²) in [5, 5.41) is 5.25. The van der Waals surface area contributed by atoms with Crippen LogP contribution in [0.15, 0.2) is 64.0 Å². The fraction of sp³-hybridized carbons (Fsp3) is 0.0952. The zero-order chi connectivity index (χ0) is 22.2. The number of hydrogen-bond acceptors (Lipinski definition) is 7. The number of sulfonamides is 1. The second-order valence-electron chi connectivity index (χ2n) is 6.82. The first-order chi connectivity index (χ1) is 14.7. The van der Waals surface area contributed by atoms with Crippen LogP contribution in [-0.4, -0.2) is 25.2 Å². The molecule has 0 radical (unpaired) electrons. The van der Waals surface area contributed by atoms with Gasteiger partial charge in [0.15, 0.2) is 0 Å². The number of anilines is 2. The number of aryl methyl sites for hydroxylation is 2. The van der Waals surface area contributed by atoms with Crippen LogP contribution in [0.1, 0.15) is 27.4 Å². The molecule has 3 N–H and O–H groups in total. The van der Waals surface area contributed by atoms with E-state index in [1.54, 1.807) is 50.2 Å². The first-order valence-corrected chi connectivity index (χ1v) is 10.7. The first kappa shape index (κ1) is 20.4. The molecular formula is C21H18N4O5S. The number of imide groups is 1. The van der Waals surface area contributed by atoms with Gasteiger partial charge < -0.3 is 9.73 Å². The molecule has 1 aromatic heterocycles. The molecule has 158 valence electrons. The Bertz CT molecular complexity index is 1300. The number of amides is 2. The molecule has 10 heteroatoms. The second kappa shape index (κ2) is 7.73. The van der Waals surface area contributed by atoms with Gasteiger partial charge in [-0.2, -0.15) is 4.98 Å². The standard InChI is InChI=1S/C21H18N4O5S/c1-12-13(2)30-21(23-12)25-31(28,29)15-9-7-14(8-10-15)22-11-18-16-5-3-4-6-17(16)19(26)24-20(18)27/h3-11,22H,1-2H3,(H,23,25)(H,24,26,27). The zero-order valence-corrected chi connectivity index (χ0v) is 17.4. The molecular weight excluding hydrogens is 420 g/mol. The van der Waals surface area contributed by atoms with Gasteiger partial charge in [-0.15, -0.1) is 0 Å². The van der Waals surface area contributed by atoms with Crippen molar-refractivity contribution in [3.05, 3.63) is 77.3 Å². The molecule has 0 fully saturated rings. The summed E-state index contributed by atoms with van der Waals surface area (Å²) in [7, 11) is -3.87. The molecule has 2 heterocycles. The van der Waals surface area contributed by atoms with Gasteiger partial charge in [0.1, 0.15) is 5.76 Å². The van der Waals surface area contributed by atoms with Crippen molar-refractivity contribution < 1.29 is 22.4 Å². The summed E-state index contributed by atoms with van der Waals surface area (Å²) in [5.74, 6) is -0.437. The van der Waals surface area contributed by atoms with Crippen LogP contribution in [0.4, 0.5) is 11.7 Å². The summed E-state index contributed by atoms with van der Waals surface area (Å²) in [6.45, 7) is 3.41. The Labute approximate surface area is 178 Å². The van der Waals surface area contributed by atoms with Crippen LogP contribution in [0, 0.1) is 13.8 Å². The Balaban J connectivity index is 1.53. The molecule has 4 rings (SSSR count). The molecule has 2 aromatic carbocycles. The van der Waals surface area contributed by atoms with E-state index >= 15 is 0 Å². The summed E-state index contributed by atoms with van der Waals surface area (Å²) < 4.78 is 32.6. The lowest BCUT2D eigenvalue weighted by Crippen LogP contribution is -2.36. The molecule has 1 aliphatic heterocycles. The van der Waals surface area contributed by atoms with E-state index < -0.39 is 21.8 Å². The van der Waals surface area contributed by atoms with Crippen molar-refractivity contribution in [1.29, 1.82) is 0 Å². The summed E-state index contributed by atoms with van der Waals surface area (Å²) in [6, 6.07) is 12.6. The first-order valence-electron chi connectivity index (χ1n) is 9.23. The van der Waals surface area contributed by atoms with Gasteiger partial charge in [-0.25, -0.2) is 13.1 Å². The van der Waals surface area contributed by atoms with Crippen molar-refractivity contribution in [3.63, 3.8) is 0 Å². The van der Waals surface area contributed by atoms with E-state index in [0.29, 0.717) is 33.8 Å². The number of nitrogens with zero attached hydrogens (tertiary/aromatic N) is 1. The van der Waals surface area contributed by atoms with Crippen molar-refractivity contribution in [1.82, 2.24) is 10.3 Å². The monoisotopic (exact) mass is 438 g/mol. The van der Waals surface area contributed by atoms with E-state index in [9.17, 15) is 18.0 Å². The highest BCUT2D eigenvalue weighted by atomic mass is 32.2. The normalized spacial score (nSPS) is 14.8. The maximum Gasteiger partial charge on any atom is 0.309 e. The maximum atomic E-state index is 12.5. The summed E-state index contributed by atoms with van der Waals surface area (Å²) in [4.78, 5) is 28.2. The molecule has 0 saturated carbocycles. The molecule has 1 aliphatic rings. The average molecular weight is 438 g/mol. The van der Waals surface area contributed by atoms with Gasteiger partial charge in [0, 0.05) is 23.0 Å². The fourth-order valence-electron chi connectivity index (χ4n) is 3.00. The number of benzene rings is 2. The second-order valence-corrected chi connectivity index (χ2v) is 8.50. The zero-order valence-electron chi connectivity index (χ0n) is 16.6. The number of rotatable bonds is 5. The minimum absolute atomic E-state index is 0.0190. The number of carbonyl (C=O) groups excluding carboxylic acids is 2. The third-order valence-electron chi connectivity index (χ3n) is 4.73. The number of aromatic nitrogens is 1. The molecule has 0 atom stereocenters. The van der Waals surface area contributed by atoms with Gasteiger partial charge in [-0.1, -0.05) is 18.2 Å². The van der Waals surface area contributed by atoms with Crippen LogP contribution in [-0.2, 0) is 14.8 Å². The third kappa shape index (κ3) is 4.05. The van der Waals surface area contributed by atoms with Crippen LogP contribution < -0.4 is 15.4 Å². The summed E-state index contributed by atoms with van der Waals surface area (Å²) in [5.41, 5.74) is 2.36. The molecule has 0 aliphatic carbocycles. The molecule has 0 unspecified atom stereocenters. The Morgan fingerprint density at radius 2 is 1.65 bits per heavy atom. The van der Waals surface area contributed by atoms with Gasteiger partial charge >= 0.3 is 6.01 Å². The lowest BCUT2D eigenvalue weighted by molar-refractivity contribution is -0.114. The van der Waals surface area contributed by atoms with Crippen LogP contribution >= 0.6 is 0 Å². The molecule has 3 aromatic rings. The van der Waals surface area contributed by atoms with Crippen molar-refractivity contribution in [2.75, 3.05) is 10.0 Å². The van der Waals surface area contributed by atoms with Crippen LogP contribution in [0.25, 0.3) is 5.57 Å². The van der Waals surface area contributed by atoms with Crippen LogP contribution in [0.5, 0.6) is 0 Å². The van der Waals surface area contributed by atoms with Crippen molar-refractivity contribution >= 4 is 39.1 Å². The molecule has 2 amide bonds. The lowest BCUT2D eigenvalue weighted by Gasteiger charge is -2.18. The largest absolute Gasteiger partial charge is 0.428 e. The Kier molecular flexibility index (Phi) is 5.07. The van der Waals surface area contributed by atoms with Crippen LogP contribution in [0.2, 0.25) is 0 Å². The number of carbonyl (C=O) groups is 2. The SMILES string of the molecule is Cc1nc(NS(=O)(=O)c2ccc(NC=C3C(=O)NC(=O)c4ccccc43)cc2)oc1C. The summed E-state index contributed by atoms with van der Waals surface area (Å²) >= 11 is 0. The van der Waals surface area contributed by atoms with E-state index in [4.69, 9.17) is 4.42 Å². The predicted molar refractivity (Wildman–Crippen MR) is 114 cm³/mol. The molecule has 0 saturated heterocycles. The van der Waals surface area contributed by atoms with Crippen molar-refractivity contribution in [3.8, 4) is 0 Å². The highest BCUT2D eigenvalue weighted by molar-refractivity contribution is 7.92. The molecule has 0 bridgehead atoms. The lowest BCUT2D eigenvalue weighted by atomic mass is 9.96. The highest BCUT2D eigenvalue weighted by Crippen LogP contribution is 2.24. The molecule has 0 spiro atoms. The Morgan fingerprint density at radius 3 is 2.29 bits per heavy atom. The Morgan fingerprint density at radius 1 is 0.968 bits per heavy atom. The minimum Gasteiger partial charge on any atom is -0.428 e. The minimum atomic E-state index is -3.87. The molecule has 31 heavy (non-hydrogen) atoms.